The van der Waals surface area contributed by atoms with Crippen LogP contribution in [0.1, 0.15) is 33.0 Å². The van der Waals surface area contributed by atoms with E-state index in [9.17, 15) is 9.90 Å². The summed E-state index contributed by atoms with van der Waals surface area (Å²) in [5.74, 6) is -1.17. The predicted octanol–water partition coefficient (Wildman–Crippen LogP) is 4.83. The van der Waals surface area contributed by atoms with Gasteiger partial charge in [-0.05, 0) is 53.1 Å². The van der Waals surface area contributed by atoms with Gasteiger partial charge in [-0.2, -0.15) is 0 Å². The molecule has 6 nitrogen and oxygen atoms in total. The van der Waals surface area contributed by atoms with E-state index < -0.39 is 5.97 Å². The largest absolute Gasteiger partial charge is 0.478 e. The summed E-state index contributed by atoms with van der Waals surface area (Å²) >= 11 is 0. The van der Waals surface area contributed by atoms with E-state index in [1.54, 1.807) is 6.07 Å². The topological polar surface area (TPSA) is 50.3 Å². The molecule has 0 aliphatic carbocycles. The van der Waals surface area contributed by atoms with Crippen LogP contribution in [0, 0.1) is 0 Å². The van der Waals surface area contributed by atoms with Crippen molar-refractivity contribution in [2.75, 3.05) is 76.0 Å². The van der Waals surface area contributed by atoms with Crippen molar-refractivity contribution in [3.63, 3.8) is 0 Å². The lowest BCUT2D eigenvalue weighted by Gasteiger charge is -2.28. The molecule has 0 aliphatic heterocycles. The van der Waals surface area contributed by atoms with Gasteiger partial charge in [0.05, 0.1) is 5.56 Å². The first kappa shape index (κ1) is 25.0. The summed E-state index contributed by atoms with van der Waals surface area (Å²) in [5, 5.41) is 10.2. The molecule has 180 valence electrons. The van der Waals surface area contributed by atoms with E-state index in [4.69, 9.17) is 0 Å². The highest BCUT2D eigenvalue weighted by Gasteiger charge is 2.26. The van der Waals surface area contributed by atoms with Crippen molar-refractivity contribution in [3.05, 3.63) is 82.9 Å². The van der Waals surface area contributed by atoms with Gasteiger partial charge < -0.3 is 24.7 Å². The number of aromatic carboxylic acids is 1. The van der Waals surface area contributed by atoms with E-state index in [1.165, 1.54) is 0 Å². The lowest BCUT2D eigenvalue weighted by Crippen LogP contribution is -2.18. The molecule has 6 heteroatoms. The molecule has 0 aliphatic rings. The SMILES string of the molecule is CN(C)c1ccc(C(c2ccc(N(C)C)cc2C(=O)O)c2ccc(N(C)C)cc2N(C)C)cc1. The van der Waals surface area contributed by atoms with Crippen LogP contribution in [0.15, 0.2) is 60.7 Å². The van der Waals surface area contributed by atoms with Crippen LogP contribution in [0.3, 0.4) is 0 Å². The Balaban J connectivity index is 2.32. The van der Waals surface area contributed by atoms with Crippen molar-refractivity contribution in [2.24, 2.45) is 0 Å². The van der Waals surface area contributed by atoms with E-state index in [0.717, 1.165) is 39.4 Å². The molecule has 0 fully saturated rings. The van der Waals surface area contributed by atoms with E-state index in [0.29, 0.717) is 5.56 Å². The van der Waals surface area contributed by atoms with Crippen molar-refractivity contribution >= 4 is 28.7 Å². The van der Waals surface area contributed by atoms with Gasteiger partial charge in [0.2, 0.25) is 0 Å². The van der Waals surface area contributed by atoms with Crippen molar-refractivity contribution in [1.29, 1.82) is 0 Å². The third kappa shape index (κ3) is 5.11. The van der Waals surface area contributed by atoms with Crippen LogP contribution in [0.5, 0.6) is 0 Å². The molecule has 34 heavy (non-hydrogen) atoms. The molecule has 0 heterocycles. The van der Waals surface area contributed by atoms with Crippen LogP contribution in [0.25, 0.3) is 0 Å². The molecule has 0 aromatic heterocycles. The molecular formula is C28H36N4O2. The summed E-state index contributed by atoms with van der Waals surface area (Å²) in [5.41, 5.74) is 7.31. The molecule has 1 atom stereocenters. The molecule has 0 saturated carbocycles. The number of hydrogen-bond donors (Lipinski definition) is 1. The standard InChI is InChI=1S/C28H36N4O2/c1-29(2)20-11-9-19(10-12-20)27(23-15-13-21(30(3)4)17-25(23)28(33)34)24-16-14-22(31(5)6)18-26(24)32(7)8/h9-18,27H,1-8H3,(H,33,34). The molecule has 1 unspecified atom stereocenters. The lowest BCUT2D eigenvalue weighted by atomic mass is 9.81. The Bertz CT molecular complexity index is 1150. The second-order valence-electron chi connectivity index (χ2n) is 9.42. The third-order valence-electron chi connectivity index (χ3n) is 6.16. The van der Waals surface area contributed by atoms with E-state index >= 15 is 0 Å². The molecule has 0 amide bonds. The van der Waals surface area contributed by atoms with Crippen LogP contribution < -0.4 is 19.6 Å². The van der Waals surface area contributed by atoms with E-state index in [-0.39, 0.29) is 5.92 Å². The monoisotopic (exact) mass is 460 g/mol. The fourth-order valence-electron chi connectivity index (χ4n) is 4.19. The minimum absolute atomic E-state index is 0.243. The molecule has 0 bridgehead atoms. The van der Waals surface area contributed by atoms with Gasteiger partial charge in [-0.15, -0.1) is 0 Å². The van der Waals surface area contributed by atoms with Crippen LogP contribution in [-0.2, 0) is 0 Å². The normalized spacial score (nSPS) is 11.6. The van der Waals surface area contributed by atoms with Gasteiger partial charge in [-0.1, -0.05) is 24.3 Å². The number of anilines is 4. The van der Waals surface area contributed by atoms with Gasteiger partial charge in [0.15, 0.2) is 0 Å². The van der Waals surface area contributed by atoms with Gasteiger partial charge in [0, 0.05) is 85.0 Å². The molecule has 0 radical (unpaired) electrons. The third-order valence-corrected chi connectivity index (χ3v) is 6.16. The highest BCUT2D eigenvalue weighted by Crippen LogP contribution is 2.41. The number of hydrogen-bond acceptors (Lipinski definition) is 5. The van der Waals surface area contributed by atoms with Gasteiger partial charge >= 0.3 is 5.97 Å². The second-order valence-corrected chi connectivity index (χ2v) is 9.42. The highest BCUT2D eigenvalue weighted by atomic mass is 16.4. The number of carbonyl (C=O) groups is 1. The predicted molar refractivity (Wildman–Crippen MR) is 145 cm³/mol. The van der Waals surface area contributed by atoms with Crippen LogP contribution in [0.2, 0.25) is 0 Å². The first-order valence-corrected chi connectivity index (χ1v) is 11.3. The Labute approximate surface area is 203 Å². The Morgan fingerprint density at radius 2 is 1.09 bits per heavy atom. The zero-order valence-corrected chi connectivity index (χ0v) is 21.5. The molecule has 3 aromatic rings. The number of carboxylic acid groups (broad SMARTS) is 1. The summed E-state index contributed by atoms with van der Waals surface area (Å²) in [6.07, 6.45) is 0. The summed E-state index contributed by atoms with van der Waals surface area (Å²) in [7, 11) is 16.0. The first-order valence-electron chi connectivity index (χ1n) is 11.3. The zero-order valence-electron chi connectivity index (χ0n) is 21.5. The maximum Gasteiger partial charge on any atom is 0.336 e. The summed E-state index contributed by atoms with van der Waals surface area (Å²) < 4.78 is 0. The number of carboxylic acids is 1. The maximum absolute atomic E-state index is 12.4. The zero-order chi connectivity index (χ0) is 25.2. The summed E-state index contributed by atoms with van der Waals surface area (Å²) in [4.78, 5) is 20.6. The minimum atomic E-state index is -0.926. The smallest absolute Gasteiger partial charge is 0.336 e. The van der Waals surface area contributed by atoms with Gasteiger partial charge in [-0.25, -0.2) is 4.79 Å². The molecule has 0 saturated heterocycles. The van der Waals surface area contributed by atoms with Crippen LogP contribution >= 0.6 is 0 Å². The number of nitrogens with zero attached hydrogens (tertiary/aromatic N) is 4. The summed E-state index contributed by atoms with van der Waals surface area (Å²) in [6, 6.07) is 20.5. The molecule has 1 N–H and O–H groups in total. The average molecular weight is 461 g/mol. The van der Waals surface area contributed by atoms with E-state index in [2.05, 4.69) is 57.2 Å². The molecule has 3 aromatic carbocycles. The fourth-order valence-corrected chi connectivity index (χ4v) is 4.19. The first-order chi connectivity index (χ1) is 16.0. The Morgan fingerprint density at radius 3 is 1.56 bits per heavy atom. The molecule has 3 rings (SSSR count). The fraction of sp³-hybridized carbons (Fsp3) is 0.321. The van der Waals surface area contributed by atoms with Crippen molar-refractivity contribution < 1.29 is 9.90 Å². The van der Waals surface area contributed by atoms with Crippen molar-refractivity contribution in [2.45, 2.75) is 5.92 Å². The van der Waals surface area contributed by atoms with Crippen LogP contribution in [-0.4, -0.2) is 67.5 Å². The van der Waals surface area contributed by atoms with Gasteiger partial charge in [0.1, 0.15) is 0 Å². The number of rotatable bonds is 8. The van der Waals surface area contributed by atoms with E-state index in [1.807, 2.05) is 73.4 Å². The second kappa shape index (κ2) is 10.1. The Morgan fingerprint density at radius 1 is 0.618 bits per heavy atom. The van der Waals surface area contributed by atoms with Gasteiger partial charge in [0.25, 0.3) is 0 Å². The Hall–Kier alpha value is -3.67. The maximum atomic E-state index is 12.4. The summed E-state index contributed by atoms with van der Waals surface area (Å²) in [6.45, 7) is 0. The molecule has 0 spiro atoms. The van der Waals surface area contributed by atoms with Crippen LogP contribution in [0.4, 0.5) is 22.7 Å². The van der Waals surface area contributed by atoms with Gasteiger partial charge in [-0.3, -0.25) is 0 Å². The quantitative estimate of drug-likeness (QED) is 0.486. The Kier molecular flexibility index (Phi) is 7.40. The van der Waals surface area contributed by atoms with Crippen molar-refractivity contribution in [3.8, 4) is 0 Å². The van der Waals surface area contributed by atoms with Crippen molar-refractivity contribution in [1.82, 2.24) is 0 Å². The average Bonchev–Trinajstić information content (AvgIpc) is 2.79. The lowest BCUT2D eigenvalue weighted by molar-refractivity contribution is 0.0695. The number of benzene rings is 3. The highest BCUT2D eigenvalue weighted by molar-refractivity contribution is 5.91. The molecular weight excluding hydrogens is 424 g/mol. The minimum Gasteiger partial charge on any atom is -0.478 e.